The highest BCUT2D eigenvalue weighted by Gasteiger charge is 2.26. The number of alkyl halides is 1. The molecule has 0 spiro atoms. The lowest BCUT2D eigenvalue weighted by Gasteiger charge is -2.24. The van der Waals surface area contributed by atoms with E-state index >= 15 is 0 Å². The van der Waals surface area contributed by atoms with Gasteiger partial charge in [-0.05, 0) is 24.1 Å². The molecule has 0 saturated heterocycles. The van der Waals surface area contributed by atoms with E-state index in [1.807, 2.05) is 0 Å². The van der Waals surface area contributed by atoms with Crippen LogP contribution in [0.3, 0.4) is 0 Å². The lowest BCUT2D eigenvalue weighted by molar-refractivity contribution is 0.0564. The Morgan fingerprint density at radius 3 is 2.43 bits per heavy atom. The summed E-state index contributed by atoms with van der Waals surface area (Å²) in [6, 6.07) is 3.29. The topological polar surface area (TPSA) is 20.2 Å². The summed E-state index contributed by atoms with van der Waals surface area (Å²) in [6.45, 7) is 1.73. The first-order valence-corrected chi connectivity index (χ1v) is 4.81. The minimum Gasteiger partial charge on any atom is -0.384 e. The Morgan fingerprint density at radius 2 is 2.00 bits per heavy atom. The third-order valence-electron chi connectivity index (χ3n) is 2.26. The first kappa shape index (κ1) is 11.4. The summed E-state index contributed by atoms with van der Waals surface area (Å²) in [4.78, 5) is 0. The Hall–Kier alpha value is -0.670. The fourth-order valence-corrected chi connectivity index (χ4v) is 1.50. The number of rotatable bonds is 3. The SMILES string of the molecule is CC[C@@](O)(CCl)c1ccc(F)c(F)c1. The van der Waals surface area contributed by atoms with Gasteiger partial charge in [-0.1, -0.05) is 13.0 Å². The molecule has 1 atom stereocenters. The van der Waals surface area contributed by atoms with Gasteiger partial charge in [0.25, 0.3) is 0 Å². The van der Waals surface area contributed by atoms with E-state index in [2.05, 4.69) is 0 Å². The van der Waals surface area contributed by atoms with Gasteiger partial charge in [0, 0.05) is 0 Å². The predicted molar refractivity (Wildman–Crippen MR) is 51.3 cm³/mol. The van der Waals surface area contributed by atoms with Crippen LogP contribution in [0, 0.1) is 11.6 Å². The van der Waals surface area contributed by atoms with Crippen LogP contribution in [-0.4, -0.2) is 11.0 Å². The molecule has 0 fully saturated rings. The predicted octanol–water partition coefficient (Wildman–Crippen LogP) is 2.80. The van der Waals surface area contributed by atoms with Crippen LogP contribution in [0.25, 0.3) is 0 Å². The van der Waals surface area contributed by atoms with Crippen molar-refractivity contribution >= 4 is 11.6 Å². The van der Waals surface area contributed by atoms with Crippen molar-refractivity contribution in [1.29, 1.82) is 0 Å². The van der Waals surface area contributed by atoms with E-state index in [4.69, 9.17) is 11.6 Å². The van der Waals surface area contributed by atoms with E-state index in [0.29, 0.717) is 12.0 Å². The highest BCUT2D eigenvalue weighted by molar-refractivity contribution is 6.18. The van der Waals surface area contributed by atoms with Gasteiger partial charge in [-0.2, -0.15) is 0 Å². The van der Waals surface area contributed by atoms with Gasteiger partial charge in [-0.3, -0.25) is 0 Å². The van der Waals surface area contributed by atoms with Gasteiger partial charge < -0.3 is 5.11 Å². The van der Waals surface area contributed by atoms with Crippen LogP contribution in [0.1, 0.15) is 18.9 Å². The maximum absolute atomic E-state index is 12.9. The third kappa shape index (κ3) is 2.04. The van der Waals surface area contributed by atoms with E-state index in [9.17, 15) is 13.9 Å². The van der Waals surface area contributed by atoms with Gasteiger partial charge in [0.15, 0.2) is 11.6 Å². The Labute approximate surface area is 86.3 Å². The quantitative estimate of drug-likeness (QED) is 0.777. The van der Waals surface area contributed by atoms with Gasteiger partial charge in [-0.15, -0.1) is 11.6 Å². The summed E-state index contributed by atoms with van der Waals surface area (Å²) in [5.41, 5.74) is -0.982. The van der Waals surface area contributed by atoms with Gasteiger partial charge >= 0.3 is 0 Å². The second-order valence-corrected chi connectivity index (χ2v) is 3.41. The van der Waals surface area contributed by atoms with Crippen molar-refractivity contribution < 1.29 is 13.9 Å². The van der Waals surface area contributed by atoms with Crippen molar-refractivity contribution in [2.75, 3.05) is 5.88 Å². The second-order valence-electron chi connectivity index (χ2n) is 3.15. The standard InChI is InChI=1S/C10H11ClF2O/c1-2-10(14,6-11)7-3-4-8(12)9(13)5-7/h3-5,14H,2,6H2,1H3/t10-/m1/s1. The summed E-state index contributed by atoms with van der Waals surface area (Å²) in [6.07, 6.45) is 0.349. The molecule has 1 aromatic rings. The van der Waals surface area contributed by atoms with Gasteiger partial charge in [-0.25, -0.2) is 8.78 Å². The summed E-state index contributed by atoms with van der Waals surface area (Å²) >= 11 is 5.57. The molecule has 78 valence electrons. The molecule has 0 radical (unpaired) electrons. The molecule has 0 unspecified atom stereocenters. The Morgan fingerprint density at radius 1 is 1.36 bits per heavy atom. The lowest BCUT2D eigenvalue weighted by Crippen LogP contribution is -2.26. The fraction of sp³-hybridized carbons (Fsp3) is 0.400. The van der Waals surface area contributed by atoms with Crippen LogP contribution in [0.2, 0.25) is 0 Å². The minimum atomic E-state index is -1.28. The zero-order valence-electron chi connectivity index (χ0n) is 7.73. The molecule has 1 nitrogen and oxygen atoms in total. The first-order valence-electron chi connectivity index (χ1n) is 4.27. The molecule has 1 rings (SSSR count). The number of hydrogen-bond acceptors (Lipinski definition) is 1. The van der Waals surface area contributed by atoms with Crippen molar-refractivity contribution in [2.24, 2.45) is 0 Å². The zero-order chi connectivity index (χ0) is 10.8. The molecule has 0 aliphatic heterocycles. The minimum absolute atomic E-state index is 0.0471. The molecule has 1 N–H and O–H groups in total. The molecule has 0 amide bonds. The van der Waals surface area contributed by atoms with Crippen molar-refractivity contribution in [1.82, 2.24) is 0 Å². The van der Waals surface area contributed by atoms with Crippen LogP contribution in [-0.2, 0) is 5.60 Å². The molecule has 0 aliphatic rings. The van der Waals surface area contributed by atoms with Gasteiger partial charge in [0.05, 0.1) is 5.88 Å². The normalized spacial score (nSPS) is 15.2. The number of aliphatic hydroxyl groups is 1. The second kappa shape index (κ2) is 4.24. The molecule has 1 aromatic carbocycles. The lowest BCUT2D eigenvalue weighted by atomic mass is 9.93. The van der Waals surface area contributed by atoms with Gasteiger partial charge in [0.2, 0.25) is 0 Å². The Kier molecular flexibility index (Phi) is 3.45. The van der Waals surface area contributed by atoms with Crippen molar-refractivity contribution in [3.8, 4) is 0 Å². The molecule has 0 aliphatic carbocycles. The first-order chi connectivity index (χ1) is 6.53. The molecule has 4 heteroatoms. The molecule has 0 saturated carbocycles. The monoisotopic (exact) mass is 220 g/mol. The van der Waals surface area contributed by atoms with E-state index in [0.717, 1.165) is 12.1 Å². The van der Waals surface area contributed by atoms with Crippen molar-refractivity contribution in [2.45, 2.75) is 18.9 Å². The van der Waals surface area contributed by atoms with E-state index in [1.54, 1.807) is 6.92 Å². The smallest absolute Gasteiger partial charge is 0.159 e. The summed E-state index contributed by atoms with van der Waals surface area (Å²) in [7, 11) is 0. The molecular weight excluding hydrogens is 210 g/mol. The fourth-order valence-electron chi connectivity index (χ4n) is 1.16. The van der Waals surface area contributed by atoms with Crippen LogP contribution >= 0.6 is 11.6 Å². The molecule has 0 bridgehead atoms. The average molecular weight is 221 g/mol. The number of hydrogen-bond donors (Lipinski definition) is 1. The maximum atomic E-state index is 12.9. The van der Waals surface area contributed by atoms with Crippen LogP contribution in [0.15, 0.2) is 18.2 Å². The van der Waals surface area contributed by atoms with Crippen molar-refractivity contribution in [3.05, 3.63) is 35.4 Å². The molecule has 0 aromatic heterocycles. The maximum Gasteiger partial charge on any atom is 0.159 e. The van der Waals surface area contributed by atoms with E-state index < -0.39 is 17.2 Å². The highest BCUT2D eigenvalue weighted by atomic mass is 35.5. The zero-order valence-corrected chi connectivity index (χ0v) is 8.48. The number of halogens is 3. The number of benzene rings is 1. The molecule has 0 heterocycles. The Balaban J connectivity index is 3.12. The summed E-state index contributed by atoms with van der Waals surface area (Å²) in [5, 5.41) is 9.89. The summed E-state index contributed by atoms with van der Waals surface area (Å²) < 4.78 is 25.5. The third-order valence-corrected chi connectivity index (χ3v) is 2.71. The largest absolute Gasteiger partial charge is 0.384 e. The van der Waals surface area contributed by atoms with Crippen LogP contribution in [0.4, 0.5) is 8.78 Å². The van der Waals surface area contributed by atoms with Crippen LogP contribution < -0.4 is 0 Å². The van der Waals surface area contributed by atoms with Crippen molar-refractivity contribution in [3.63, 3.8) is 0 Å². The molecule has 14 heavy (non-hydrogen) atoms. The van der Waals surface area contributed by atoms with Crippen LogP contribution in [0.5, 0.6) is 0 Å². The average Bonchev–Trinajstić information content (AvgIpc) is 2.21. The highest BCUT2D eigenvalue weighted by Crippen LogP contribution is 2.27. The summed E-state index contributed by atoms with van der Waals surface area (Å²) in [5.74, 6) is -1.95. The van der Waals surface area contributed by atoms with E-state index in [1.165, 1.54) is 6.07 Å². The van der Waals surface area contributed by atoms with Gasteiger partial charge in [0.1, 0.15) is 5.60 Å². The molecular formula is C10H11ClF2O. The Bertz CT molecular complexity index is 324. The van der Waals surface area contributed by atoms with E-state index in [-0.39, 0.29) is 5.88 Å².